The Morgan fingerprint density at radius 3 is 2.57 bits per heavy atom. The molecule has 0 aliphatic heterocycles. The molecule has 0 unspecified atom stereocenters. The Morgan fingerprint density at radius 2 is 2.00 bits per heavy atom. The standard InChI is InChI=1S/C15H20FNO4/c1-10(2)14(15(19)20)17-13(18)8-5-9-21-12-7-4-3-6-11(12)16/h3-4,6-7,10,14H,5,8-9H2,1-2H3,(H,17,18)(H,19,20)/t14-/m0/s1. The molecule has 1 amide bonds. The van der Waals surface area contributed by atoms with Crippen molar-refractivity contribution in [1.29, 1.82) is 0 Å². The molecule has 1 aromatic rings. The van der Waals surface area contributed by atoms with Crippen LogP contribution in [-0.2, 0) is 9.59 Å². The Hall–Kier alpha value is -2.11. The number of carbonyl (C=O) groups is 2. The Kier molecular flexibility index (Phi) is 6.65. The molecule has 1 atom stereocenters. The molecular formula is C15H20FNO4. The van der Waals surface area contributed by atoms with Crippen molar-refractivity contribution in [2.75, 3.05) is 6.61 Å². The molecule has 0 heterocycles. The first-order chi connectivity index (χ1) is 9.91. The van der Waals surface area contributed by atoms with E-state index >= 15 is 0 Å². The number of rotatable bonds is 8. The van der Waals surface area contributed by atoms with Crippen LogP contribution >= 0.6 is 0 Å². The SMILES string of the molecule is CC(C)[C@H](NC(=O)CCCOc1ccccc1F)C(=O)O. The summed E-state index contributed by atoms with van der Waals surface area (Å²) in [6.45, 7) is 3.63. The molecule has 1 aromatic carbocycles. The molecule has 0 bridgehead atoms. The maximum absolute atomic E-state index is 13.3. The van der Waals surface area contributed by atoms with Crippen LogP contribution in [0.4, 0.5) is 4.39 Å². The molecule has 0 aromatic heterocycles. The van der Waals surface area contributed by atoms with Gasteiger partial charge in [0, 0.05) is 6.42 Å². The zero-order valence-corrected chi connectivity index (χ0v) is 12.1. The van der Waals surface area contributed by atoms with Gasteiger partial charge in [-0.05, 0) is 24.5 Å². The molecule has 0 fully saturated rings. The zero-order valence-electron chi connectivity index (χ0n) is 12.1. The van der Waals surface area contributed by atoms with E-state index < -0.39 is 17.8 Å². The van der Waals surface area contributed by atoms with Crippen LogP contribution in [0.25, 0.3) is 0 Å². The molecule has 0 saturated heterocycles. The minimum absolute atomic E-state index is 0.130. The minimum Gasteiger partial charge on any atom is -0.491 e. The summed E-state index contributed by atoms with van der Waals surface area (Å²) in [5.41, 5.74) is 0. The number of ether oxygens (including phenoxy) is 1. The van der Waals surface area contributed by atoms with E-state index in [1.54, 1.807) is 26.0 Å². The van der Waals surface area contributed by atoms with Crippen molar-refractivity contribution in [2.24, 2.45) is 5.92 Å². The van der Waals surface area contributed by atoms with Crippen molar-refractivity contribution in [1.82, 2.24) is 5.32 Å². The minimum atomic E-state index is -1.05. The number of carboxylic acids is 1. The molecule has 1 rings (SSSR count). The number of hydrogen-bond acceptors (Lipinski definition) is 3. The molecule has 0 radical (unpaired) electrons. The van der Waals surface area contributed by atoms with E-state index in [1.165, 1.54) is 12.1 Å². The van der Waals surface area contributed by atoms with Gasteiger partial charge in [0.2, 0.25) is 5.91 Å². The van der Waals surface area contributed by atoms with E-state index in [0.717, 1.165) is 0 Å². The molecule has 21 heavy (non-hydrogen) atoms. The number of aliphatic carboxylic acids is 1. The zero-order chi connectivity index (χ0) is 15.8. The highest BCUT2D eigenvalue weighted by molar-refractivity contribution is 5.83. The second-order valence-electron chi connectivity index (χ2n) is 5.01. The van der Waals surface area contributed by atoms with Gasteiger partial charge in [0.15, 0.2) is 11.6 Å². The first kappa shape index (κ1) is 16.9. The monoisotopic (exact) mass is 297 g/mol. The maximum Gasteiger partial charge on any atom is 0.326 e. The topological polar surface area (TPSA) is 75.6 Å². The molecule has 0 aliphatic carbocycles. The van der Waals surface area contributed by atoms with Gasteiger partial charge in [-0.3, -0.25) is 4.79 Å². The van der Waals surface area contributed by atoms with Gasteiger partial charge in [0.05, 0.1) is 6.61 Å². The molecule has 0 spiro atoms. The molecule has 2 N–H and O–H groups in total. The Bertz CT molecular complexity index is 490. The van der Waals surface area contributed by atoms with Gasteiger partial charge in [-0.25, -0.2) is 9.18 Å². The van der Waals surface area contributed by atoms with Crippen LogP contribution in [0, 0.1) is 11.7 Å². The van der Waals surface area contributed by atoms with Crippen LogP contribution in [-0.4, -0.2) is 29.6 Å². The first-order valence-electron chi connectivity index (χ1n) is 6.81. The van der Waals surface area contributed by atoms with Gasteiger partial charge >= 0.3 is 5.97 Å². The lowest BCUT2D eigenvalue weighted by Gasteiger charge is -2.17. The Balaban J connectivity index is 2.31. The highest BCUT2D eigenvalue weighted by Crippen LogP contribution is 2.15. The van der Waals surface area contributed by atoms with Crippen molar-refractivity contribution in [3.63, 3.8) is 0 Å². The number of amides is 1. The number of para-hydroxylation sites is 1. The summed E-state index contributed by atoms with van der Waals surface area (Å²) in [4.78, 5) is 22.6. The predicted octanol–water partition coefficient (Wildman–Crippen LogP) is 2.21. The fourth-order valence-corrected chi connectivity index (χ4v) is 1.74. The summed E-state index contributed by atoms with van der Waals surface area (Å²) < 4.78 is 18.5. The average molecular weight is 297 g/mol. The van der Waals surface area contributed by atoms with E-state index in [9.17, 15) is 14.0 Å². The van der Waals surface area contributed by atoms with E-state index in [-0.39, 0.29) is 30.6 Å². The Morgan fingerprint density at radius 1 is 1.33 bits per heavy atom. The second-order valence-corrected chi connectivity index (χ2v) is 5.01. The van der Waals surface area contributed by atoms with Crippen LogP contribution in [0.15, 0.2) is 24.3 Å². The summed E-state index contributed by atoms with van der Waals surface area (Å²) >= 11 is 0. The molecule has 0 aliphatic rings. The number of halogens is 1. The highest BCUT2D eigenvalue weighted by atomic mass is 19.1. The lowest BCUT2D eigenvalue weighted by Crippen LogP contribution is -2.44. The maximum atomic E-state index is 13.3. The third-order valence-electron chi connectivity index (χ3n) is 2.89. The predicted molar refractivity (Wildman–Crippen MR) is 75.5 cm³/mol. The molecular weight excluding hydrogens is 277 g/mol. The summed E-state index contributed by atoms with van der Waals surface area (Å²) in [6.07, 6.45) is 0.509. The van der Waals surface area contributed by atoms with Gasteiger partial charge in [-0.2, -0.15) is 0 Å². The Labute approximate surface area is 123 Å². The van der Waals surface area contributed by atoms with Crippen molar-refractivity contribution in [2.45, 2.75) is 32.7 Å². The van der Waals surface area contributed by atoms with E-state index in [0.29, 0.717) is 6.42 Å². The fraction of sp³-hybridized carbons (Fsp3) is 0.467. The van der Waals surface area contributed by atoms with Crippen LogP contribution in [0.1, 0.15) is 26.7 Å². The summed E-state index contributed by atoms with van der Waals surface area (Å²) in [7, 11) is 0. The summed E-state index contributed by atoms with van der Waals surface area (Å²) in [5.74, 6) is -1.91. The van der Waals surface area contributed by atoms with E-state index in [1.807, 2.05) is 0 Å². The quantitative estimate of drug-likeness (QED) is 0.721. The smallest absolute Gasteiger partial charge is 0.326 e. The average Bonchev–Trinajstić information content (AvgIpc) is 2.42. The molecule has 6 heteroatoms. The summed E-state index contributed by atoms with van der Waals surface area (Å²) in [6, 6.07) is 5.13. The third-order valence-corrected chi connectivity index (χ3v) is 2.89. The van der Waals surface area contributed by atoms with E-state index in [2.05, 4.69) is 5.32 Å². The molecule has 0 saturated carbocycles. The van der Waals surface area contributed by atoms with Crippen molar-refractivity contribution < 1.29 is 23.8 Å². The van der Waals surface area contributed by atoms with Crippen molar-refractivity contribution >= 4 is 11.9 Å². The lowest BCUT2D eigenvalue weighted by atomic mass is 10.0. The largest absolute Gasteiger partial charge is 0.491 e. The number of carbonyl (C=O) groups excluding carboxylic acids is 1. The molecule has 116 valence electrons. The lowest BCUT2D eigenvalue weighted by molar-refractivity contribution is -0.143. The van der Waals surface area contributed by atoms with Gasteiger partial charge in [-0.1, -0.05) is 26.0 Å². The number of carboxylic acid groups (broad SMARTS) is 1. The van der Waals surface area contributed by atoms with Gasteiger partial charge in [0.1, 0.15) is 6.04 Å². The second kappa shape index (κ2) is 8.24. The van der Waals surface area contributed by atoms with Crippen LogP contribution < -0.4 is 10.1 Å². The van der Waals surface area contributed by atoms with Crippen LogP contribution in [0.3, 0.4) is 0 Å². The van der Waals surface area contributed by atoms with Crippen LogP contribution in [0.2, 0.25) is 0 Å². The first-order valence-corrected chi connectivity index (χ1v) is 6.81. The van der Waals surface area contributed by atoms with E-state index in [4.69, 9.17) is 9.84 Å². The molecule has 5 nitrogen and oxygen atoms in total. The number of benzene rings is 1. The van der Waals surface area contributed by atoms with Crippen molar-refractivity contribution in [3.8, 4) is 5.75 Å². The fourth-order valence-electron chi connectivity index (χ4n) is 1.74. The van der Waals surface area contributed by atoms with Crippen molar-refractivity contribution in [3.05, 3.63) is 30.1 Å². The highest BCUT2D eigenvalue weighted by Gasteiger charge is 2.22. The van der Waals surface area contributed by atoms with Crippen LogP contribution in [0.5, 0.6) is 5.75 Å². The number of hydrogen-bond donors (Lipinski definition) is 2. The summed E-state index contributed by atoms with van der Waals surface area (Å²) in [5, 5.41) is 11.4. The third kappa shape index (κ3) is 5.81. The van der Waals surface area contributed by atoms with Gasteiger partial charge < -0.3 is 15.2 Å². The number of nitrogens with one attached hydrogen (secondary N) is 1. The normalized spacial score (nSPS) is 12.0. The van der Waals surface area contributed by atoms with Gasteiger partial charge in [-0.15, -0.1) is 0 Å². The van der Waals surface area contributed by atoms with Gasteiger partial charge in [0.25, 0.3) is 0 Å².